The standard InChI is InChI=1S/C21H20ClN3O4/c1-12(2)11-25-20(27)15-7-5-4-6-14(15)18(24-25)19(26)23-17-10-13(21(28)29-3)8-9-16(17)22/h4-10,12H,11H2,1-3H3,(H,23,26). The fraction of sp³-hybridized carbons (Fsp3) is 0.238. The third-order valence-corrected chi connectivity index (χ3v) is 4.59. The summed E-state index contributed by atoms with van der Waals surface area (Å²) in [5.41, 5.74) is 0.332. The maximum atomic E-state index is 13.0. The van der Waals surface area contributed by atoms with Crippen molar-refractivity contribution in [2.75, 3.05) is 12.4 Å². The maximum Gasteiger partial charge on any atom is 0.337 e. The van der Waals surface area contributed by atoms with Gasteiger partial charge in [-0.2, -0.15) is 5.10 Å². The highest BCUT2D eigenvalue weighted by Crippen LogP contribution is 2.25. The molecule has 7 nitrogen and oxygen atoms in total. The number of benzene rings is 2. The highest BCUT2D eigenvalue weighted by atomic mass is 35.5. The van der Waals surface area contributed by atoms with Gasteiger partial charge in [-0.1, -0.05) is 43.6 Å². The Morgan fingerprint density at radius 3 is 2.52 bits per heavy atom. The number of nitrogens with zero attached hydrogens (tertiary/aromatic N) is 2. The van der Waals surface area contributed by atoms with Crippen molar-refractivity contribution >= 4 is 39.9 Å². The molecule has 29 heavy (non-hydrogen) atoms. The lowest BCUT2D eigenvalue weighted by molar-refractivity contribution is 0.0600. The zero-order valence-electron chi connectivity index (χ0n) is 16.2. The number of halogens is 1. The second kappa shape index (κ2) is 8.45. The fourth-order valence-electron chi connectivity index (χ4n) is 2.92. The number of hydrogen-bond donors (Lipinski definition) is 1. The molecule has 0 aliphatic carbocycles. The van der Waals surface area contributed by atoms with E-state index in [-0.39, 0.29) is 33.4 Å². The van der Waals surface area contributed by atoms with E-state index in [0.717, 1.165) is 0 Å². The topological polar surface area (TPSA) is 90.3 Å². The number of carbonyl (C=O) groups excluding carboxylic acids is 2. The monoisotopic (exact) mass is 413 g/mol. The molecule has 0 aliphatic rings. The normalized spacial score (nSPS) is 10.9. The Balaban J connectivity index is 2.07. The molecule has 0 saturated carbocycles. The minimum atomic E-state index is -0.550. The zero-order valence-corrected chi connectivity index (χ0v) is 17.0. The number of esters is 1. The van der Waals surface area contributed by atoms with E-state index in [1.807, 2.05) is 13.8 Å². The lowest BCUT2D eigenvalue weighted by Gasteiger charge is -2.13. The van der Waals surface area contributed by atoms with Gasteiger partial charge >= 0.3 is 5.97 Å². The third kappa shape index (κ3) is 4.30. The van der Waals surface area contributed by atoms with Crippen LogP contribution in [0.2, 0.25) is 5.02 Å². The van der Waals surface area contributed by atoms with Crippen LogP contribution in [0.3, 0.4) is 0 Å². The van der Waals surface area contributed by atoms with Crippen LogP contribution in [0.4, 0.5) is 5.69 Å². The summed E-state index contributed by atoms with van der Waals surface area (Å²) in [7, 11) is 1.27. The molecule has 0 fully saturated rings. The Bertz CT molecular complexity index is 1150. The molecule has 1 N–H and O–H groups in total. The fourth-order valence-corrected chi connectivity index (χ4v) is 3.08. The Morgan fingerprint density at radius 1 is 1.17 bits per heavy atom. The largest absolute Gasteiger partial charge is 0.465 e. The lowest BCUT2D eigenvalue weighted by Crippen LogP contribution is -2.29. The molecular weight excluding hydrogens is 394 g/mol. The molecule has 0 saturated heterocycles. The van der Waals surface area contributed by atoms with Gasteiger partial charge in [0.05, 0.1) is 28.8 Å². The molecule has 8 heteroatoms. The molecule has 1 aromatic heterocycles. The van der Waals surface area contributed by atoms with Crippen molar-refractivity contribution in [1.82, 2.24) is 9.78 Å². The van der Waals surface area contributed by atoms with E-state index in [1.165, 1.54) is 30.0 Å². The minimum absolute atomic E-state index is 0.0976. The van der Waals surface area contributed by atoms with Gasteiger partial charge in [0.2, 0.25) is 0 Å². The molecule has 0 bridgehead atoms. The number of hydrogen-bond acceptors (Lipinski definition) is 5. The highest BCUT2D eigenvalue weighted by molar-refractivity contribution is 6.34. The van der Waals surface area contributed by atoms with Gasteiger partial charge in [0, 0.05) is 11.9 Å². The molecule has 1 heterocycles. The van der Waals surface area contributed by atoms with E-state index in [0.29, 0.717) is 17.3 Å². The van der Waals surface area contributed by atoms with Crippen LogP contribution in [-0.4, -0.2) is 28.8 Å². The SMILES string of the molecule is COC(=O)c1ccc(Cl)c(NC(=O)c2nn(CC(C)C)c(=O)c3ccccc23)c1. The number of rotatable bonds is 5. The van der Waals surface area contributed by atoms with Crippen molar-refractivity contribution < 1.29 is 14.3 Å². The van der Waals surface area contributed by atoms with Crippen LogP contribution in [0.1, 0.15) is 34.7 Å². The van der Waals surface area contributed by atoms with Gasteiger partial charge in [-0.25, -0.2) is 9.48 Å². The van der Waals surface area contributed by atoms with Crippen molar-refractivity contribution in [3.8, 4) is 0 Å². The van der Waals surface area contributed by atoms with E-state index < -0.39 is 11.9 Å². The van der Waals surface area contributed by atoms with Gasteiger partial charge in [-0.3, -0.25) is 9.59 Å². The second-order valence-electron chi connectivity index (χ2n) is 6.92. The number of nitrogens with one attached hydrogen (secondary N) is 1. The summed E-state index contributed by atoms with van der Waals surface area (Å²) >= 11 is 6.18. The summed E-state index contributed by atoms with van der Waals surface area (Å²) in [5.74, 6) is -0.919. The van der Waals surface area contributed by atoms with Crippen molar-refractivity contribution in [1.29, 1.82) is 0 Å². The predicted octanol–water partition coefficient (Wildman–Crippen LogP) is 3.74. The van der Waals surface area contributed by atoms with Crippen molar-refractivity contribution in [2.45, 2.75) is 20.4 Å². The van der Waals surface area contributed by atoms with Crippen LogP contribution in [0.25, 0.3) is 10.8 Å². The summed E-state index contributed by atoms with van der Waals surface area (Å²) in [4.78, 5) is 37.5. The Kier molecular flexibility index (Phi) is 5.98. The summed E-state index contributed by atoms with van der Waals surface area (Å²) in [6, 6.07) is 11.2. The number of amides is 1. The molecule has 0 unspecified atom stereocenters. The second-order valence-corrected chi connectivity index (χ2v) is 7.32. The number of aromatic nitrogens is 2. The molecule has 150 valence electrons. The zero-order chi connectivity index (χ0) is 21.1. The molecule has 0 spiro atoms. The average molecular weight is 414 g/mol. The molecule has 2 aromatic carbocycles. The Labute approximate surface area is 172 Å². The van der Waals surface area contributed by atoms with Gasteiger partial charge in [0.25, 0.3) is 11.5 Å². The molecule has 1 amide bonds. The van der Waals surface area contributed by atoms with Crippen molar-refractivity contribution in [3.63, 3.8) is 0 Å². The first-order valence-electron chi connectivity index (χ1n) is 9.01. The molecular formula is C21H20ClN3O4. The first-order chi connectivity index (χ1) is 13.8. The number of methoxy groups -OCH3 is 1. The predicted molar refractivity (Wildman–Crippen MR) is 112 cm³/mol. The molecule has 3 rings (SSSR count). The number of carbonyl (C=O) groups is 2. The average Bonchev–Trinajstić information content (AvgIpc) is 2.70. The van der Waals surface area contributed by atoms with Gasteiger partial charge in [0.15, 0.2) is 5.69 Å². The summed E-state index contributed by atoms with van der Waals surface area (Å²) in [5, 5.41) is 8.08. The van der Waals surface area contributed by atoms with Crippen LogP contribution in [0, 0.1) is 5.92 Å². The van der Waals surface area contributed by atoms with E-state index >= 15 is 0 Å². The van der Waals surface area contributed by atoms with Crippen LogP contribution in [0.5, 0.6) is 0 Å². The van der Waals surface area contributed by atoms with Crippen LogP contribution >= 0.6 is 11.6 Å². The summed E-state index contributed by atoms with van der Waals surface area (Å²) in [6.45, 7) is 4.30. The molecule has 0 aliphatic heterocycles. The molecule has 3 aromatic rings. The smallest absolute Gasteiger partial charge is 0.337 e. The molecule has 0 atom stereocenters. The van der Waals surface area contributed by atoms with E-state index in [2.05, 4.69) is 10.4 Å². The first-order valence-corrected chi connectivity index (χ1v) is 9.38. The van der Waals surface area contributed by atoms with Gasteiger partial charge in [-0.15, -0.1) is 0 Å². The summed E-state index contributed by atoms with van der Waals surface area (Å²) < 4.78 is 6.00. The Morgan fingerprint density at radius 2 is 1.86 bits per heavy atom. The number of ether oxygens (including phenoxy) is 1. The number of anilines is 1. The first kappa shape index (κ1) is 20.5. The van der Waals surface area contributed by atoms with Gasteiger partial charge in [0.1, 0.15) is 0 Å². The van der Waals surface area contributed by atoms with Crippen molar-refractivity contribution in [3.05, 3.63) is 69.1 Å². The third-order valence-electron chi connectivity index (χ3n) is 4.26. The summed E-state index contributed by atoms with van der Waals surface area (Å²) in [6.07, 6.45) is 0. The van der Waals surface area contributed by atoms with E-state index in [4.69, 9.17) is 16.3 Å². The quantitative estimate of drug-likeness (QED) is 0.643. The van der Waals surface area contributed by atoms with Gasteiger partial charge < -0.3 is 10.1 Å². The molecule has 0 radical (unpaired) electrons. The minimum Gasteiger partial charge on any atom is -0.465 e. The van der Waals surface area contributed by atoms with E-state index in [1.54, 1.807) is 24.3 Å². The highest BCUT2D eigenvalue weighted by Gasteiger charge is 2.19. The Hall–Kier alpha value is -3.19. The van der Waals surface area contributed by atoms with Crippen LogP contribution in [-0.2, 0) is 11.3 Å². The van der Waals surface area contributed by atoms with E-state index in [9.17, 15) is 14.4 Å². The van der Waals surface area contributed by atoms with Gasteiger partial charge in [-0.05, 0) is 30.2 Å². The van der Waals surface area contributed by atoms with Crippen LogP contribution < -0.4 is 10.9 Å². The van der Waals surface area contributed by atoms with Crippen molar-refractivity contribution in [2.24, 2.45) is 5.92 Å². The number of fused-ring (bicyclic) bond motifs is 1. The lowest BCUT2D eigenvalue weighted by atomic mass is 10.1. The van der Waals surface area contributed by atoms with Crippen LogP contribution in [0.15, 0.2) is 47.3 Å². The maximum absolute atomic E-state index is 13.0.